The standard InChI is InChI=1S/C20H18F3NO3/c1-26-14-7-8-17-16(12-14)15(9-10-24-19(25)20(21,22)23)18(27-17)11-13-5-3-2-4-6-13/h2-8,12H,9-11H2,1H3,(H,24,25). The van der Waals surface area contributed by atoms with Gasteiger partial charge in [0.15, 0.2) is 0 Å². The van der Waals surface area contributed by atoms with Crippen LogP contribution in [-0.2, 0) is 17.6 Å². The molecular weight excluding hydrogens is 359 g/mol. The van der Waals surface area contributed by atoms with Crippen LogP contribution < -0.4 is 10.1 Å². The number of rotatable bonds is 6. The molecule has 142 valence electrons. The predicted molar refractivity (Wildman–Crippen MR) is 94.8 cm³/mol. The summed E-state index contributed by atoms with van der Waals surface area (Å²) in [6, 6.07) is 14.9. The maximum absolute atomic E-state index is 12.4. The number of hydrogen-bond donors (Lipinski definition) is 1. The number of methoxy groups -OCH3 is 1. The second-order valence-corrected chi connectivity index (χ2v) is 6.03. The van der Waals surface area contributed by atoms with Gasteiger partial charge in [0.25, 0.3) is 0 Å². The van der Waals surface area contributed by atoms with E-state index < -0.39 is 12.1 Å². The minimum absolute atomic E-state index is 0.147. The van der Waals surface area contributed by atoms with Gasteiger partial charge in [-0.25, -0.2) is 0 Å². The molecule has 0 atom stereocenters. The van der Waals surface area contributed by atoms with Gasteiger partial charge in [0.05, 0.1) is 7.11 Å². The molecule has 1 N–H and O–H groups in total. The summed E-state index contributed by atoms with van der Waals surface area (Å²) in [6.45, 7) is -0.147. The highest BCUT2D eigenvalue weighted by Gasteiger charge is 2.38. The second kappa shape index (κ2) is 7.73. The molecule has 7 heteroatoms. The van der Waals surface area contributed by atoms with Crippen molar-refractivity contribution in [1.29, 1.82) is 0 Å². The number of fused-ring (bicyclic) bond motifs is 1. The van der Waals surface area contributed by atoms with Crippen molar-refractivity contribution in [2.24, 2.45) is 0 Å². The first-order chi connectivity index (χ1) is 12.9. The van der Waals surface area contributed by atoms with Gasteiger partial charge >= 0.3 is 12.1 Å². The Bertz CT molecular complexity index is 933. The molecule has 4 nitrogen and oxygen atoms in total. The van der Waals surface area contributed by atoms with Crippen LogP contribution in [0.3, 0.4) is 0 Å². The zero-order valence-electron chi connectivity index (χ0n) is 14.6. The van der Waals surface area contributed by atoms with Crippen LogP contribution in [0.4, 0.5) is 13.2 Å². The van der Waals surface area contributed by atoms with Gasteiger partial charge in [0.1, 0.15) is 17.1 Å². The molecular formula is C20H18F3NO3. The fourth-order valence-corrected chi connectivity index (χ4v) is 2.90. The Labute approximate surface area is 153 Å². The number of hydrogen-bond acceptors (Lipinski definition) is 3. The summed E-state index contributed by atoms with van der Waals surface area (Å²) in [7, 11) is 1.54. The van der Waals surface area contributed by atoms with Gasteiger partial charge in [0.2, 0.25) is 0 Å². The maximum atomic E-state index is 12.4. The van der Waals surface area contributed by atoms with Crippen molar-refractivity contribution in [3.63, 3.8) is 0 Å². The van der Waals surface area contributed by atoms with E-state index in [0.29, 0.717) is 23.5 Å². The first-order valence-corrected chi connectivity index (χ1v) is 8.35. The molecule has 3 rings (SSSR count). The van der Waals surface area contributed by atoms with E-state index in [1.54, 1.807) is 18.2 Å². The third-order valence-corrected chi connectivity index (χ3v) is 4.21. The molecule has 3 aromatic rings. The van der Waals surface area contributed by atoms with Crippen molar-refractivity contribution in [3.05, 3.63) is 65.4 Å². The van der Waals surface area contributed by atoms with E-state index in [1.165, 1.54) is 7.11 Å². The first kappa shape index (κ1) is 18.8. The first-order valence-electron chi connectivity index (χ1n) is 8.35. The number of halogens is 3. The lowest BCUT2D eigenvalue weighted by Crippen LogP contribution is -2.37. The minimum atomic E-state index is -4.89. The molecule has 0 unspecified atom stereocenters. The molecule has 0 aliphatic rings. The van der Waals surface area contributed by atoms with Crippen molar-refractivity contribution in [2.45, 2.75) is 19.0 Å². The summed E-state index contributed by atoms with van der Waals surface area (Å²) >= 11 is 0. The third-order valence-electron chi connectivity index (χ3n) is 4.21. The maximum Gasteiger partial charge on any atom is 0.471 e. The van der Waals surface area contributed by atoms with Crippen LogP contribution in [-0.4, -0.2) is 25.7 Å². The zero-order chi connectivity index (χ0) is 19.4. The monoisotopic (exact) mass is 377 g/mol. The largest absolute Gasteiger partial charge is 0.497 e. The fourth-order valence-electron chi connectivity index (χ4n) is 2.90. The van der Waals surface area contributed by atoms with Gasteiger partial charge in [-0.2, -0.15) is 13.2 Å². The summed E-state index contributed by atoms with van der Waals surface area (Å²) < 4.78 is 48.3. The molecule has 0 aliphatic heterocycles. The van der Waals surface area contributed by atoms with Gasteiger partial charge in [-0.1, -0.05) is 30.3 Å². The van der Waals surface area contributed by atoms with E-state index in [0.717, 1.165) is 16.5 Å². The lowest BCUT2D eigenvalue weighted by atomic mass is 10.0. The molecule has 0 saturated heterocycles. The molecule has 1 heterocycles. The summed E-state index contributed by atoms with van der Waals surface area (Å²) in [5.74, 6) is -0.668. The van der Waals surface area contributed by atoms with E-state index in [4.69, 9.17) is 9.15 Å². The van der Waals surface area contributed by atoms with Crippen molar-refractivity contribution in [2.75, 3.05) is 13.7 Å². The Kier molecular flexibility index (Phi) is 5.39. The Morgan fingerprint density at radius 2 is 1.89 bits per heavy atom. The molecule has 1 aromatic heterocycles. The van der Waals surface area contributed by atoms with Crippen LogP contribution in [0.1, 0.15) is 16.9 Å². The minimum Gasteiger partial charge on any atom is -0.497 e. The molecule has 0 fully saturated rings. The number of carbonyl (C=O) groups excluding carboxylic acids is 1. The van der Waals surface area contributed by atoms with E-state index in [1.807, 2.05) is 35.6 Å². The molecule has 0 bridgehead atoms. The number of ether oxygens (including phenoxy) is 1. The molecule has 0 aliphatic carbocycles. The Morgan fingerprint density at radius 1 is 1.15 bits per heavy atom. The highest BCUT2D eigenvalue weighted by molar-refractivity contribution is 5.84. The Balaban J connectivity index is 1.89. The summed E-state index contributed by atoms with van der Waals surface area (Å²) in [5, 5.41) is 2.67. The summed E-state index contributed by atoms with van der Waals surface area (Å²) in [6.07, 6.45) is -4.18. The molecule has 1 amide bonds. The van der Waals surface area contributed by atoms with Gasteiger partial charge in [-0.3, -0.25) is 4.79 Å². The molecule has 0 saturated carbocycles. The smallest absolute Gasteiger partial charge is 0.471 e. The van der Waals surface area contributed by atoms with Crippen molar-refractivity contribution >= 4 is 16.9 Å². The fraction of sp³-hybridized carbons (Fsp3) is 0.250. The Morgan fingerprint density at radius 3 is 2.56 bits per heavy atom. The highest BCUT2D eigenvalue weighted by atomic mass is 19.4. The average Bonchev–Trinajstić information content (AvgIpc) is 2.98. The predicted octanol–water partition coefficient (Wildman–Crippen LogP) is 4.25. The lowest BCUT2D eigenvalue weighted by Gasteiger charge is -2.08. The van der Waals surface area contributed by atoms with Crippen molar-refractivity contribution < 1.29 is 27.1 Å². The highest BCUT2D eigenvalue weighted by Crippen LogP contribution is 2.31. The SMILES string of the molecule is COc1ccc2oc(Cc3ccccc3)c(CCNC(=O)C(F)(F)F)c2c1. The normalized spacial score (nSPS) is 11.6. The molecule has 2 aromatic carbocycles. The van der Waals surface area contributed by atoms with Crippen LogP contribution >= 0.6 is 0 Å². The van der Waals surface area contributed by atoms with Crippen LogP contribution in [0, 0.1) is 0 Å². The van der Waals surface area contributed by atoms with E-state index >= 15 is 0 Å². The summed E-state index contributed by atoms with van der Waals surface area (Å²) in [4.78, 5) is 11.1. The topological polar surface area (TPSA) is 51.5 Å². The molecule has 0 radical (unpaired) electrons. The van der Waals surface area contributed by atoms with E-state index in [-0.39, 0.29) is 13.0 Å². The number of furan rings is 1. The van der Waals surface area contributed by atoms with Crippen molar-refractivity contribution in [1.82, 2.24) is 5.32 Å². The zero-order valence-corrected chi connectivity index (χ0v) is 14.6. The average molecular weight is 377 g/mol. The van der Waals surface area contributed by atoms with Crippen molar-refractivity contribution in [3.8, 4) is 5.75 Å². The number of alkyl halides is 3. The van der Waals surface area contributed by atoms with Crippen LogP contribution in [0.5, 0.6) is 5.75 Å². The number of benzene rings is 2. The number of nitrogens with one attached hydrogen (secondary N) is 1. The number of carbonyl (C=O) groups is 1. The van der Waals surface area contributed by atoms with E-state index in [9.17, 15) is 18.0 Å². The van der Waals surface area contributed by atoms with Gasteiger partial charge in [-0.15, -0.1) is 0 Å². The quantitative estimate of drug-likeness (QED) is 0.699. The molecule has 0 spiro atoms. The third kappa shape index (κ3) is 4.42. The second-order valence-electron chi connectivity index (χ2n) is 6.03. The summed E-state index contributed by atoms with van der Waals surface area (Å²) in [5.41, 5.74) is 2.40. The van der Waals surface area contributed by atoms with Gasteiger partial charge < -0.3 is 14.5 Å². The molecule has 27 heavy (non-hydrogen) atoms. The van der Waals surface area contributed by atoms with Crippen LogP contribution in [0.2, 0.25) is 0 Å². The van der Waals surface area contributed by atoms with Gasteiger partial charge in [0, 0.05) is 23.9 Å². The Hall–Kier alpha value is -2.96. The number of amides is 1. The van der Waals surface area contributed by atoms with Gasteiger partial charge in [-0.05, 0) is 30.2 Å². The van der Waals surface area contributed by atoms with E-state index in [2.05, 4.69) is 0 Å². The van der Waals surface area contributed by atoms with Crippen LogP contribution in [0.25, 0.3) is 11.0 Å². The van der Waals surface area contributed by atoms with Crippen LogP contribution in [0.15, 0.2) is 52.9 Å². The lowest BCUT2D eigenvalue weighted by molar-refractivity contribution is -0.173.